The minimum Gasteiger partial charge on any atom is -0.373 e. The van der Waals surface area contributed by atoms with Crippen LogP contribution in [0.2, 0.25) is 0 Å². The monoisotopic (exact) mass is 358 g/mol. The van der Waals surface area contributed by atoms with Gasteiger partial charge in [0.1, 0.15) is 6.04 Å². The fraction of sp³-hybridized carbons (Fsp3) is 0.176. The Kier molecular flexibility index (Phi) is 3.98. The number of rotatable bonds is 3. The lowest BCUT2D eigenvalue weighted by Gasteiger charge is -2.17. The molecule has 3 rings (SSSR count). The summed E-state index contributed by atoms with van der Waals surface area (Å²) >= 11 is 3.39. The third kappa shape index (κ3) is 2.76. The van der Waals surface area contributed by atoms with Crippen LogP contribution in [-0.2, 0) is 9.59 Å². The SMILES string of the molecule is Cc1cccc(N[C@@H]2CC(=O)N(c3ccccc3Br)C2=O)c1. The van der Waals surface area contributed by atoms with Crippen molar-refractivity contribution in [2.75, 3.05) is 10.2 Å². The summed E-state index contributed by atoms with van der Waals surface area (Å²) in [6, 6.07) is 14.5. The molecule has 2 amide bonds. The Hall–Kier alpha value is -2.14. The van der Waals surface area contributed by atoms with E-state index in [1.165, 1.54) is 4.90 Å². The molecule has 1 fully saturated rings. The maximum atomic E-state index is 12.6. The lowest BCUT2D eigenvalue weighted by Crippen LogP contribution is -2.35. The minimum atomic E-state index is -0.526. The van der Waals surface area contributed by atoms with E-state index in [1.807, 2.05) is 49.4 Å². The fourth-order valence-corrected chi connectivity index (χ4v) is 3.03. The highest BCUT2D eigenvalue weighted by molar-refractivity contribution is 9.10. The highest BCUT2D eigenvalue weighted by Crippen LogP contribution is 2.31. The summed E-state index contributed by atoms with van der Waals surface area (Å²) in [7, 11) is 0. The van der Waals surface area contributed by atoms with Crippen molar-refractivity contribution < 1.29 is 9.59 Å². The van der Waals surface area contributed by atoms with E-state index in [9.17, 15) is 9.59 Å². The first-order valence-corrected chi connectivity index (χ1v) is 7.80. The Balaban J connectivity index is 1.84. The second kappa shape index (κ2) is 5.93. The summed E-state index contributed by atoms with van der Waals surface area (Å²) < 4.78 is 0.730. The van der Waals surface area contributed by atoms with Gasteiger partial charge in [-0.2, -0.15) is 0 Å². The van der Waals surface area contributed by atoms with Crippen LogP contribution in [0.4, 0.5) is 11.4 Å². The summed E-state index contributed by atoms with van der Waals surface area (Å²) in [5, 5.41) is 3.15. The number of para-hydroxylation sites is 1. The number of halogens is 1. The smallest absolute Gasteiger partial charge is 0.256 e. The van der Waals surface area contributed by atoms with Gasteiger partial charge in [-0.05, 0) is 52.7 Å². The summed E-state index contributed by atoms with van der Waals surface area (Å²) in [6.45, 7) is 1.99. The quantitative estimate of drug-likeness (QED) is 0.854. The van der Waals surface area contributed by atoms with Gasteiger partial charge in [-0.3, -0.25) is 9.59 Å². The molecule has 2 aromatic carbocycles. The molecule has 5 heteroatoms. The van der Waals surface area contributed by atoms with E-state index in [0.29, 0.717) is 5.69 Å². The zero-order valence-corrected chi connectivity index (χ0v) is 13.6. The molecule has 1 N–H and O–H groups in total. The van der Waals surface area contributed by atoms with Crippen LogP contribution in [-0.4, -0.2) is 17.9 Å². The number of carbonyl (C=O) groups is 2. The summed E-state index contributed by atoms with van der Waals surface area (Å²) in [5.41, 5.74) is 2.54. The highest BCUT2D eigenvalue weighted by Gasteiger charge is 2.40. The molecular formula is C17H15BrN2O2. The summed E-state index contributed by atoms with van der Waals surface area (Å²) in [4.78, 5) is 26.1. The molecule has 1 saturated heterocycles. The van der Waals surface area contributed by atoms with Crippen LogP contribution >= 0.6 is 15.9 Å². The van der Waals surface area contributed by atoms with Gasteiger partial charge in [0.05, 0.1) is 12.1 Å². The lowest BCUT2D eigenvalue weighted by atomic mass is 10.2. The van der Waals surface area contributed by atoms with Gasteiger partial charge in [0.15, 0.2) is 0 Å². The molecule has 4 nitrogen and oxygen atoms in total. The van der Waals surface area contributed by atoms with Crippen LogP contribution in [0, 0.1) is 6.92 Å². The van der Waals surface area contributed by atoms with Crippen LogP contribution in [0.1, 0.15) is 12.0 Å². The fourth-order valence-electron chi connectivity index (χ4n) is 2.57. The number of nitrogens with zero attached hydrogens (tertiary/aromatic N) is 1. The first-order valence-electron chi connectivity index (χ1n) is 7.01. The van der Waals surface area contributed by atoms with Crippen molar-refractivity contribution in [3.05, 3.63) is 58.6 Å². The number of anilines is 2. The number of carbonyl (C=O) groups excluding carboxylic acids is 2. The molecule has 1 aliphatic heterocycles. The molecule has 0 saturated carbocycles. The topological polar surface area (TPSA) is 49.4 Å². The van der Waals surface area contributed by atoms with Gasteiger partial charge in [0.25, 0.3) is 5.91 Å². The van der Waals surface area contributed by atoms with E-state index >= 15 is 0 Å². The van der Waals surface area contributed by atoms with E-state index in [1.54, 1.807) is 6.07 Å². The lowest BCUT2D eigenvalue weighted by molar-refractivity contribution is -0.121. The van der Waals surface area contributed by atoms with Crippen LogP contribution < -0.4 is 10.2 Å². The standard InChI is InChI=1S/C17H15BrN2O2/c1-11-5-4-6-12(9-11)19-14-10-16(21)20(17(14)22)15-8-3-2-7-13(15)18/h2-9,14,19H,10H2,1H3/t14-/m1/s1. The van der Waals surface area contributed by atoms with E-state index in [0.717, 1.165) is 15.7 Å². The van der Waals surface area contributed by atoms with Crippen molar-refractivity contribution in [3.8, 4) is 0 Å². The normalized spacial score (nSPS) is 17.9. The predicted molar refractivity (Wildman–Crippen MR) is 89.8 cm³/mol. The number of amides is 2. The van der Waals surface area contributed by atoms with Crippen molar-refractivity contribution >= 4 is 39.1 Å². The highest BCUT2D eigenvalue weighted by atomic mass is 79.9. The first-order chi connectivity index (χ1) is 10.6. The second-order valence-corrected chi connectivity index (χ2v) is 6.14. The number of aryl methyl sites for hydroxylation is 1. The van der Waals surface area contributed by atoms with Crippen LogP contribution in [0.3, 0.4) is 0 Å². The number of nitrogens with one attached hydrogen (secondary N) is 1. The molecule has 0 unspecified atom stereocenters. The Morgan fingerprint density at radius 3 is 2.64 bits per heavy atom. The van der Waals surface area contributed by atoms with E-state index < -0.39 is 6.04 Å². The summed E-state index contributed by atoms with van der Waals surface area (Å²) in [6.07, 6.45) is 0.161. The van der Waals surface area contributed by atoms with E-state index in [2.05, 4.69) is 21.2 Å². The van der Waals surface area contributed by atoms with Gasteiger partial charge in [0, 0.05) is 10.2 Å². The molecule has 1 atom stereocenters. The van der Waals surface area contributed by atoms with E-state index in [4.69, 9.17) is 0 Å². The van der Waals surface area contributed by atoms with E-state index in [-0.39, 0.29) is 18.2 Å². The van der Waals surface area contributed by atoms with Gasteiger partial charge in [0.2, 0.25) is 5.91 Å². The minimum absolute atomic E-state index is 0.161. The molecule has 1 aliphatic rings. The average Bonchev–Trinajstić information content (AvgIpc) is 2.74. The molecule has 0 aliphatic carbocycles. The molecule has 2 aromatic rings. The molecule has 22 heavy (non-hydrogen) atoms. The van der Waals surface area contributed by atoms with Crippen molar-refractivity contribution in [2.45, 2.75) is 19.4 Å². The van der Waals surface area contributed by atoms with Gasteiger partial charge < -0.3 is 5.32 Å². The molecule has 0 radical (unpaired) electrons. The number of hydrogen-bond acceptors (Lipinski definition) is 3. The molecule has 0 aromatic heterocycles. The first kappa shape index (κ1) is 14.8. The number of hydrogen-bond donors (Lipinski definition) is 1. The van der Waals surface area contributed by atoms with Crippen molar-refractivity contribution in [1.29, 1.82) is 0 Å². The van der Waals surface area contributed by atoms with Crippen molar-refractivity contribution in [2.24, 2.45) is 0 Å². The number of imide groups is 1. The summed E-state index contributed by atoms with van der Waals surface area (Å²) in [5.74, 6) is -0.416. The molecule has 1 heterocycles. The van der Waals surface area contributed by atoms with Gasteiger partial charge in [-0.25, -0.2) is 4.90 Å². The van der Waals surface area contributed by atoms with Gasteiger partial charge in [-0.1, -0.05) is 24.3 Å². The third-order valence-corrected chi connectivity index (χ3v) is 4.27. The second-order valence-electron chi connectivity index (χ2n) is 5.29. The Bertz CT molecular complexity index is 745. The molecular weight excluding hydrogens is 344 g/mol. The maximum absolute atomic E-state index is 12.6. The predicted octanol–water partition coefficient (Wildman–Crippen LogP) is 3.50. The van der Waals surface area contributed by atoms with Crippen molar-refractivity contribution in [3.63, 3.8) is 0 Å². The number of benzene rings is 2. The van der Waals surface area contributed by atoms with Crippen LogP contribution in [0.15, 0.2) is 53.0 Å². The van der Waals surface area contributed by atoms with Crippen molar-refractivity contribution in [1.82, 2.24) is 0 Å². The zero-order chi connectivity index (χ0) is 15.7. The Labute approximate surface area is 137 Å². The maximum Gasteiger partial charge on any atom is 0.256 e. The van der Waals surface area contributed by atoms with Gasteiger partial charge >= 0.3 is 0 Å². The Morgan fingerprint density at radius 1 is 1.14 bits per heavy atom. The average molecular weight is 359 g/mol. The largest absolute Gasteiger partial charge is 0.373 e. The van der Waals surface area contributed by atoms with Crippen LogP contribution in [0.25, 0.3) is 0 Å². The van der Waals surface area contributed by atoms with Gasteiger partial charge in [-0.15, -0.1) is 0 Å². The Morgan fingerprint density at radius 2 is 1.91 bits per heavy atom. The van der Waals surface area contributed by atoms with Crippen LogP contribution in [0.5, 0.6) is 0 Å². The molecule has 112 valence electrons. The molecule has 0 spiro atoms. The third-order valence-electron chi connectivity index (χ3n) is 3.60. The zero-order valence-electron chi connectivity index (χ0n) is 12.0. The molecule has 0 bridgehead atoms.